The molecule has 0 radical (unpaired) electrons. The van der Waals surface area contributed by atoms with Crippen LogP contribution in [0.2, 0.25) is 0 Å². The van der Waals surface area contributed by atoms with Crippen molar-refractivity contribution < 1.29 is 4.74 Å². The Balaban J connectivity index is 1.99. The van der Waals surface area contributed by atoms with E-state index >= 15 is 0 Å². The zero-order valence-corrected chi connectivity index (χ0v) is 12.6. The molecule has 3 rings (SSSR count). The number of aromatic nitrogens is 2. The van der Waals surface area contributed by atoms with Gasteiger partial charge in [-0.15, -0.1) is 0 Å². The summed E-state index contributed by atoms with van der Waals surface area (Å²) in [4.78, 5) is 9.37. The molecule has 110 valence electrons. The van der Waals surface area contributed by atoms with E-state index in [0.717, 1.165) is 36.5 Å². The minimum atomic E-state index is 0.394. The van der Waals surface area contributed by atoms with Crippen molar-refractivity contribution in [2.75, 3.05) is 13.7 Å². The van der Waals surface area contributed by atoms with Crippen molar-refractivity contribution >= 4 is 0 Å². The summed E-state index contributed by atoms with van der Waals surface area (Å²) in [6.45, 7) is 3.11. The van der Waals surface area contributed by atoms with Gasteiger partial charge in [0.25, 0.3) is 0 Å². The third-order valence-corrected chi connectivity index (χ3v) is 3.98. The molecule has 0 fully saturated rings. The van der Waals surface area contributed by atoms with Crippen molar-refractivity contribution in [2.24, 2.45) is 0 Å². The summed E-state index contributed by atoms with van der Waals surface area (Å²) in [5.74, 6) is 1.57. The normalized spacial score (nSPS) is 17.3. The van der Waals surface area contributed by atoms with Crippen LogP contribution in [0.25, 0.3) is 11.4 Å². The summed E-state index contributed by atoms with van der Waals surface area (Å²) in [5, 5.41) is 3.52. The first-order chi connectivity index (χ1) is 10.3. The van der Waals surface area contributed by atoms with Crippen molar-refractivity contribution in [3.63, 3.8) is 0 Å². The average Bonchev–Trinajstić information content (AvgIpc) is 2.55. The Morgan fingerprint density at radius 3 is 3.00 bits per heavy atom. The number of fused-ring (bicyclic) bond motifs is 1. The van der Waals surface area contributed by atoms with Gasteiger partial charge in [-0.05, 0) is 37.9 Å². The van der Waals surface area contributed by atoms with Crippen LogP contribution in [-0.4, -0.2) is 23.6 Å². The minimum Gasteiger partial charge on any atom is -0.496 e. The number of para-hydroxylation sites is 1. The van der Waals surface area contributed by atoms with E-state index in [1.54, 1.807) is 7.11 Å². The molecule has 1 atom stereocenters. The summed E-state index contributed by atoms with van der Waals surface area (Å²) >= 11 is 0. The Bertz CT molecular complexity index is 627. The Kier molecular flexibility index (Phi) is 4.15. The number of benzene rings is 1. The zero-order chi connectivity index (χ0) is 14.7. The third-order valence-electron chi connectivity index (χ3n) is 3.98. The summed E-state index contributed by atoms with van der Waals surface area (Å²) in [5.41, 5.74) is 3.37. The lowest BCUT2D eigenvalue weighted by Gasteiger charge is -2.25. The first-order valence-corrected chi connectivity index (χ1v) is 7.56. The van der Waals surface area contributed by atoms with E-state index in [1.807, 2.05) is 30.5 Å². The quantitative estimate of drug-likeness (QED) is 0.936. The summed E-state index contributed by atoms with van der Waals surface area (Å²) in [7, 11) is 1.68. The molecular weight excluding hydrogens is 262 g/mol. The molecule has 2 aromatic rings. The topological polar surface area (TPSA) is 47.0 Å². The molecule has 0 saturated carbocycles. The number of rotatable bonds is 4. The molecule has 21 heavy (non-hydrogen) atoms. The second kappa shape index (κ2) is 6.22. The van der Waals surface area contributed by atoms with E-state index in [1.165, 1.54) is 17.7 Å². The number of aryl methyl sites for hydroxylation is 1. The van der Waals surface area contributed by atoms with Gasteiger partial charge in [-0.25, -0.2) is 9.97 Å². The van der Waals surface area contributed by atoms with E-state index < -0.39 is 0 Å². The standard InChI is InChI=1S/C17H21N3O/c1-3-18-14-8-6-9-15-13(14)11-19-17(20-15)12-7-4-5-10-16(12)21-2/h4-5,7,10-11,14,18H,3,6,8-9H2,1-2H3. The van der Waals surface area contributed by atoms with Gasteiger partial charge in [0.2, 0.25) is 0 Å². The predicted octanol–water partition coefficient (Wildman–Crippen LogP) is 3.14. The van der Waals surface area contributed by atoms with Crippen molar-refractivity contribution in [2.45, 2.75) is 32.2 Å². The second-order valence-electron chi connectivity index (χ2n) is 5.30. The van der Waals surface area contributed by atoms with Crippen molar-refractivity contribution in [3.05, 3.63) is 41.7 Å². The molecule has 0 aliphatic heterocycles. The Labute approximate surface area is 125 Å². The van der Waals surface area contributed by atoms with Gasteiger partial charge in [0.05, 0.1) is 12.7 Å². The average molecular weight is 283 g/mol. The van der Waals surface area contributed by atoms with Gasteiger partial charge in [-0.2, -0.15) is 0 Å². The molecule has 0 saturated heterocycles. The molecule has 1 aliphatic rings. The van der Waals surface area contributed by atoms with Gasteiger partial charge < -0.3 is 10.1 Å². The third kappa shape index (κ3) is 2.76. The van der Waals surface area contributed by atoms with Gasteiger partial charge in [0, 0.05) is 23.5 Å². The van der Waals surface area contributed by atoms with E-state index in [9.17, 15) is 0 Å². The lowest BCUT2D eigenvalue weighted by molar-refractivity contribution is 0.416. The number of methoxy groups -OCH3 is 1. The number of hydrogen-bond acceptors (Lipinski definition) is 4. The van der Waals surface area contributed by atoms with E-state index in [0.29, 0.717) is 6.04 Å². The van der Waals surface area contributed by atoms with Crippen molar-refractivity contribution in [1.82, 2.24) is 15.3 Å². The monoisotopic (exact) mass is 283 g/mol. The van der Waals surface area contributed by atoms with Crippen LogP contribution < -0.4 is 10.1 Å². The molecule has 1 unspecified atom stereocenters. The van der Waals surface area contributed by atoms with Gasteiger partial charge in [-0.3, -0.25) is 0 Å². The Morgan fingerprint density at radius 1 is 1.33 bits per heavy atom. The lowest BCUT2D eigenvalue weighted by atomic mass is 9.92. The molecular formula is C17H21N3O. The molecule has 1 heterocycles. The van der Waals surface area contributed by atoms with E-state index in [2.05, 4.69) is 17.2 Å². The first-order valence-electron chi connectivity index (χ1n) is 7.56. The molecule has 1 aromatic heterocycles. The van der Waals surface area contributed by atoms with Crippen molar-refractivity contribution in [3.8, 4) is 17.1 Å². The fourth-order valence-corrected chi connectivity index (χ4v) is 2.96. The molecule has 4 nitrogen and oxygen atoms in total. The van der Waals surface area contributed by atoms with Crippen LogP contribution in [0.4, 0.5) is 0 Å². The van der Waals surface area contributed by atoms with Gasteiger partial charge >= 0.3 is 0 Å². The van der Waals surface area contributed by atoms with E-state index in [-0.39, 0.29) is 0 Å². The van der Waals surface area contributed by atoms with Gasteiger partial charge in [0.1, 0.15) is 5.75 Å². The molecule has 0 spiro atoms. The fraction of sp³-hybridized carbons (Fsp3) is 0.412. The molecule has 0 bridgehead atoms. The van der Waals surface area contributed by atoms with Crippen LogP contribution in [-0.2, 0) is 6.42 Å². The van der Waals surface area contributed by atoms with Gasteiger partial charge in [0.15, 0.2) is 5.82 Å². The number of ether oxygens (including phenoxy) is 1. The largest absolute Gasteiger partial charge is 0.496 e. The number of nitrogens with zero attached hydrogens (tertiary/aromatic N) is 2. The molecule has 4 heteroatoms. The number of hydrogen-bond donors (Lipinski definition) is 1. The molecule has 1 N–H and O–H groups in total. The minimum absolute atomic E-state index is 0.394. The van der Waals surface area contributed by atoms with Crippen LogP contribution in [0.5, 0.6) is 5.75 Å². The summed E-state index contributed by atoms with van der Waals surface area (Å²) in [6.07, 6.45) is 5.35. The summed E-state index contributed by atoms with van der Waals surface area (Å²) in [6, 6.07) is 8.29. The van der Waals surface area contributed by atoms with Crippen LogP contribution in [0.1, 0.15) is 37.1 Å². The van der Waals surface area contributed by atoms with Crippen LogP contribution in [0.15, 0.2) is 30.5 Å². The van der Waals surface area contributed by atoms with Crippen molar-refractivity contribution in [1.29, 1.82) is 0 Å². The van der Waals surface area contributed by atoms with Gasteiger partial charge in [-0.1, -0.05) is 19.1 Å². The smallest absolute Gasteiger partial charge is 0.163 e. The highest BCUT2D eigenvalue weighted by Gasteiger charge is 2.22. The lowest BCUT2D eigenvalue weighted by Crippen LogP contribution is -2.25. The fourth-order valence-electron chi connectivity index (χ4n) is 2.96. The zero-order valence-electron chi connectivity index (χ0n) is 12.6. The summed E-state index contributed by atoms with van der Waals surface area (Å²) < 4.78 is 5.41. The highest BCUT2D eigenvalue weighted by Crippen LogP contribution is 2.31. The first kappa shape index (κ1) is 14.0. The maximum Gasteiger partial charge on any atom is 0.163 e. The predicted molar refractivity (Wildman–Crippen MR) is 83.4 cm³/mol. The molecule has 0 amide bonds. The van der Waals surface area contributed by atoms with Crippen LogP contribution >= 0.6 is 0 Å². The maximum absolute atomic E-state index is 5.41. The Morgan fingerprint density at radius 2 is 2.19 bits per heavy atom. The van der Waals surface area contributed by atoms with E-state index in [4.69, 9.17) is 9.72 Å². The van der Waals surface area contributed by atoms with Crippen LogP contribution in [0.3, 0.4) is 0 Å². The molecule has 1 aromatic carbocycles. The maximum atomic E-state index is 5.41. The number of nitrogens with one attached hydrogen (secondary N) is 1. The molecule has 1 aliphatic carbocycles. The highest BCUT2D eigenvalue weighted by atomic mass is 16.5. The Hall–Kier alpha value is -1.94. The highest BCUT2D eigenvalue weighted by molar-refractivity contribution is 5.64. The SMILES string of the molecule is CCNC1CCCc2nc(-c3ccccc3OC)ncc21. The van der Waals surface area contributed by atoms with Crippen LogP contribution in [0, 0.1) is 0 Å². The second-order valence-corrected chi connectivity index (χ2v) is 5.30.